The van der Waals surface area contributed by atoms with Gasteiger partial charge in [0.1, 0.15) is 11.6 Å². The monoisotopic (exact) mass is 391 g/mol. The summed E-state index contributed by atoms with van der Waals surface area (Å²) in [4.78, 5) is 16.2. The van der Waals surface area contributed by atoms with Gasteiger partial charge in [0.25, 0.3) is 0 Å². The summed E-state index contributed by atoms with van der Waals surface area (Å²) >= 11 is 7.12. The number of carbonyl (C=O) groups is 1. The number of nitrogens with one attached hydrogen (secondary N) is 1. The van der Waals surface area contributed by atoms with Crippen LogP contribution < -0.4 is 5.32 Å². The van der Waals surface area contributed by atoms with E-state index in [4.69, 9.17) is 16.0 Å². The highest BCUT2D eigenvalue weighted by molar-refractivity contribution is 7.99. The summed E-state index contributed by atoms with van der Waals surface area (Å²) in [6.45, 7) is 4.73. The van der Waals surface area contributed by atoms with E-state index in [9.17, 15) is 4.79 Å². The van der Waals surface area contributed by atoms with Crippen molar-refractivity contribution in [1.29, 1.82) is 0 Å². The Morgan fingerprint density at radius 1 is 1.35 bits per heavy atom. The van der Waals surface area contributed by atoms with E-state index in [1.165, 1.54) is 18.0 Å². The van der Waals surface area contributed by atoms with Gasteiger partial charge < -0.3 is 14.3 Å². The molecule has 3 rings (SSSR count). The van der Waals surface area contributed by atoms with Gasteiger partial charge >= 0.3 is 0 Å². The molecule has 3 aromatic heterocycles. The molecule has 136 valence electrons. The number of carbonyl (C=O) groups excluding carboxylic acids is 1. The van der Waals surface area contributed by atoms with Crippen LogP contribution in [-0.2, 0) is 11.3 Å². The molecular formula is C17H18ClN5O2S. The lowest BCUT2D eigenvalue weighted by Crippen LogP contribution is -2.15. The maximum atomic E-state index is 12.2. The molecule has 0 aliphatic carbocycles. The fourth-order valence-corrected chi connectivity index (χ4v) is 3.27. The predicted molar refractivity (Wildman–Crippen MR) is 101 cm³/mol. The molecule has 7 nitrogen and oxygen atoms in total. The normalized spacial score (nSPS) is 10.9. The number of pyridine rings is 1. The number of thioether (sulfide) groups is 1. The first-order valence-corrected chi connectivity index (χ1v) is 9.46. The van der Waals surface area contributed by atoms with Gasteiger partial charge in [0.2, 0.25) is 5.91 Å². The lowest BCUT2D eigenvalue weighted by Gasteiger charge is -2.08. The summed E-state index contributed by atoms with van der Waals surface area (Å²) in [5.41, 5.74) is 0.910. The van der Waals surface area contributed by atoms with E-state index in [0.717, 1.165) is 30.1 Å². The fourth-order valence-electron chi connectivity index (χ4n) is 2.40. The molecule has 0 aromatic carbocycles. The standard InChI is InChI=1S/C17H18ClN5O2S/c1-3-7-23-16(13-6-8-25-11(13)2)21-22-17(23)26-10-15(24)20-14-5-4-12(18)9-19-14/h4-6,8-9H,3,7,10H2,1-2H3,(H,19,20,24). The van der Waals surface area contributed by atoms with E-state index in [0.29, 0.717) is 16.0 Å². The van der Waals surface area contributed by atoms with E-state index >= 15 is 0 Å². The van der Waals surface area contributed by atoms with Gasteiger partial charge in [-0.1, -0.05) is 30.3 Å². The van der Waals surface area contributed by atoms with Crippen molar-refractivity contribution in [2.24, 2.45) is 0 Å². The molecule has 0 fully saturated rings. The van der Waals surface area contributed by atoms with Crippen molar-refractivity contribution >= 4 is 35.1 Å². The van der Waals surface area contributed by atoms with Crippen LogP contribution in [0.25, 0.3) is 11.4 Å². The first kappa shape index (κ1) is 18.5. The SMILES string of the molecule is CCCn1c(SCC(=O)Nc2ccc(Cl)cn2)nnc1-c1ccoc1C. The van der Waals surface area contributed by atoms with Crippen LogP contribution in [0.5, 0.6) is 0 Å². The Kier molecular flexibility index (Phi) is 5.95. The third-order valence-corrected chi connectivity index (χ3v) is 4.78. The second-order valence-electron chi connectivity index (χ2n) is 5.55. The Balaban J connectivity index is 1.69. The van der Waals surface area contributed by atoms with E-state index < -0.39 is 0 Å². The van der Waals surface area contributed by atoms with Crippen molar-refractivity contribution in [3.05, 3.63) is 41.4 Å². The number of rotatable bonds is 7. The molecule has 0 saturated carbocycles. The van der Waals surface area contributed by atoms with Crippen molar-refractivity contribution in [3.8, 4) is 11.4 Å². The molecule has 3 aromatic rings. The smallest absolute Gasteiger partial charge is 0.236 e. The molecule has 0 atom stereocenters. The largest absolute Gasteiger partial charge is 0.469 e. The number of amides is 1. The number of nitrogens with zero attached hydrogens (tertiary/aromatic N) is 4. The summed E-state index contributed by atoms with van der Waals surface area (Å²) < 4.78 is 7.38. The Hall–Kier alpha value is -2.32. The van der Waals surface area contributed by atoms with Crippen LogP contribution in [0.1, 0.15) is 19.1 Å². The van der Waals surface area contributed by atoms with E-state index in [1.807, 2.05) is 17.6 Å². The van der Waals surface area contributed by atoms with E-state index in [-0.39, 0.29) is 11.7 Å². The molecule has 0 aliphatic heterocycles. The van der Waals surface area contributed by atoms with Crippen LogP contribution in [0.3, 0.4) is 0 Å². The minimum Gasteiger partial charge on any atom is -0.469 e. The zero-order chi connectivity index (χ0) is 18.5. The fraction of sp³-hybridized carbons (Fsp3) is 0.294. The van der Waals surface area contributed by atoms with Crippen molar-refractivity contribution in [2.45, 2.75) is 32.0 Å². The maximum absolute atomic E-state index is 12.2. The van der Waals surface area contributed by atoms with Crippen molar-refractivity contribution < 1.29 is 9.21 Å². The molecule has 9 heteroatoms. The molecule has 1 N–H and O–H groups in total. The lowest BCUT2D eigenvalue weighted by atomic mass is 10.2. The third-order valence-electron chi connectivity index (χ3n) is 3.59. The quantitative estimate of drug-likeness (QED) is 0.612. The van der Waals surface area contributed by atoms with Gasteiger partial charge in [-0.2, -0.15) is 0 Å². The van der Waals surface area contributed by atoms with Crippen LogP contribution in [0.4, 0.5) is 5.82 Å². The molecule has 0 saturated heterocycles. The zero-order valence-electron chi connectivity index (χ0n) is 14.4. The average molecular weight is 392 g/mol. The van der Waals surface area contributed by atoms with E-state index in [2.05, 4.69) is 27.4 Å². The summed E-state index contributed by atoms with van der Waals surface area (Å²) in [6, 6.07) is 5.21. The number of furan rings is 1. The number of halogens is 1. The van der Waals surface area contributed by atoms with Gasteiger partial charge in [-0.15, -0.1) is 10.2 Å². The second-order valence-corrected chi connectivity index (χ2v) is 6.93. The van der Waals surface area contributed by atoms with Gasteiger partial charge in [0.15, 0.2) is 11.0 Å². The first-order chi connectivity index (χ1) is 12.6. The molecule has 0 unspecified atom stereocenters. The maximum Gasteiger partial charge on any atom is 0.236 e. The number of hydrogen-bond donors (Lipinski definition) is 1. The van der Waals surface area contributed by atoms with Crippen LogP contribution in [0, 0.1) is 6.92 Å². The van der Waals surface area contributed by atoms with Gasteiger partial charge in [-0.25, -0.2) is 4.98 Å². The minimum atomic E-state index is -0.170. The van der Waals surface area contributed by atoms with Crippen LogP contribution >= 0.6 is 23.4 Å². The molecule has 0 bridgehead atoms. The zero-order valence-corrected chi connectivity index (χ0v) is 16.0. The Morgan fingerprint density at radius 2 is 2.19 bits per heavy atom. The average Bonchev–Trinajstić information content (AvgIpc) is 3.21. The first-order valence-electron chi connectivity index (χ1n) is 8.10. The third kappa shape index (κ3) is 4.25. The van der Waals surface area contributed by atoms with Crippen molar-refractivity contribution in [2.75, 3.05) is 11.1 Å². The van der Waals surface area contributed by atoms with Gasteiger partial charge in [-0.3, -0.25) is 4.79 Å². The molecular weight excluding hydrogens is 374 g/mol. The number of hydrogen-bond acceptors (Lipinski definition) is 6. The Labute approximate surface area is 160 Å². The van der Waals surface area contributed by atoms with Gasteiger partial charge in [-0.05, 0) is 31.5 Å². The molecule has 0 radical (unpaired) electrons. The number of aromatic nitrogens is 4. The molecule has 0 aliphatic rings. The van der Waals surface area contributed by atoms with Crippen LogP contribution in [0.15, 0.2) is 40.2 Å². The van der Waals surface area contributed by atoms with Gasteiger partial charge in [0, 0.05) is 12.7 Å². The van der Waals surface area contributed by atoms with E-state index in [1.54, 1.807) is 18.4 Å². The summed E-state index contributed by atoms with van der Waals surface area (Å²) in [5, 5.41) is 12.5. The highest BCUT2D eigenvalue weighted by Crippen LogP contribution is 2.27. The highest BCUT2D eigenvalue weighted by atomic mass is 35.5. The number of aryl methyl sites for hydroxylation is 1. The summed E-state index contributed by atoms with van der Waals surface area (Å²) in [5.74, 6) is 2.04. The highest BCUT2D eigenvalue weighted by Gasteiger charge is 2.18. The minimum absolute atomic E-state index is 0.170. The second kappa shape index (κ2) is 8.37. The molecule has 3 heterocycles. The van der Waals surface area contributed by atoms with Crippen molar-refractivity contribution in [3.63, 3.8) is 0 Å². The number of anilines is 1. The Morgan fingerprint density at radius 3 is 2.85 bits per heavy atom. The van der Waals surface area contributed by atoms with Crippen LogP contribution in [0.2, 0.25) is 5.02 Å². The summed E-state index contributed by atoms with van der Waals surface area (Å²) in [6.07, 6.45) is 4.05. The van der Waals surface area contributed by atoms with Crippen LogP contribution in [-0.4, -0.2) is 31.4 Å². The molecule has 26 heavy (non-hydrogen) atoms. The van der Waals surface area contributed by atoms with Crippen molar-refractivity contribution in [1.82, 2.24) is 19.7 Å². The molecule has 1 amide bonds. The Bertz CT molecular complexity index is 891. The van der Waals surface area contributed by atoms with Gasteiger partial charge in [0.05, 0.1) is 22.6 Å². The predicted octanol–water partition coefficient (Wildman–Crippen LogP) is 4.04. The molecule has 0 spiro atoms. The lowest BCUT2D eigenvalue weighted by molar-refractivity contribution is -0.113. The summed E-state index contributed by atoms with van der Waals surface area (Å²) in [7, 11) is 0. The topological polar surface area (TPSA) is 85.8 Å².